The molecule has 1 aliphatic rings. The van der Waals surface area contributed by atoms with Crippen LogP contribution in [0.5, 0.6) is 0 Å². The fraction of sp³-hybridized carbons (Fsp3) is 0.684. The third-order valence-corrected chi connectivity index (χ3v) is 4.72. The van der Waals surface area contributed by atoms with Crippen molar-refractivity contribution in [1.29, 1.82) is 0 Å². The Balaban J connectivity index is 1.70. The van der Waals surface area contributed by atoms with E-state index in [1.807, 2.05) is 0 Å². The molecule has 1 heterocycles. The molecular weight excluding hydrogens is 288 g/mol. The first-order chi connectivity index (χ1) is 11.1. The number of nitrogens with zero attached hydrogens (tertiary/aromatic N) is 1. The van der Waals surface area contributed by atoms with Gasteiger partial charge in [0.2, 0.25) is 0 Å². The number of nitrogens with one attached hydrogen (secondary N) is 1. The molecule has 1 aromatic carbocycles. The van der Waals surface area contributed by atoms with E-state index >= 15 is 0 Å². The van der Waals surface area contributed by atoms with Gasteiger partial charge >= 0.3 is 0 Å². The number of benzene rings is 1. The summed E-state index contributed by atoms with van der Waals surface area (Å²) in [6.07, 6.45) is 3.01. The molecule has 0 aromatic heterocycles. The molecule has 0 amide bonds. The van der Waals surface area contributed by atoms with E-state index in [0.717, 1.165) is 38.9 Å². The molecule has 0 spiro atoms. The van der Waals surface area contributed by atoms with Crippen LogP contribution in [0.1, 0.15) is 30.9 Å². The van der Waals surface area contributed by atoms with Crippen molar-refractivity contribution < 1.29 is 9.84 Å². The number of aliphatic hydroxyl groups excluding tert-OH is 1. The van der Waals surface area contributed by atoms with E-state index in [4.69, 9.17) is 4.74 Å². The van der Waals surface area contributed by atoms with Gasteiger partial charge in [-0.25, -0.2) is 0 Å². The van der Waals surface area contributed by atoms with Gasteiger partial charge in [0.1, 0.15) is 0 Å². The van der Waals surface area contributed by atoms with Crippen LogP contribution in [0.15, 0.2) is 24.3 Å². The topological polar surface area (TPSA) is 44.7 Å². The van der Waals surface area contributed by atoms with Gasteiger partial charge in [0.25, 0.3) is 0 Å². The standard InChI is InChI=1S/C19H32N2O2/c1-15-6-4-5-7-17(15)12-16(2)20-18-8-10-21(11-9-18)13-19(22)14-23-3/h4-7,16,18-20,22H,8-14H2,1-3H3. The average molecular weight is 320 g/mol. The normalized spacial score (nSPS) is 19.7. The van der Waals surface area contributed by atoms with Crippen LogP contribution in [0.4, 0.5) is 0 Å². The number of methoxy groups -OCH3 is 1. The minimum atomic E-state index is -0.371. The van der Waals surface area contributed by atoms with Crippen molar-refractivity contribution in [1.82, 2.24) is 10.2 Å². The van der Waals surface area contributed by atoms with Crippen molar-refractivity contribution in [2.45, 2.75) is 51.3 Å². The third-order valence-electron chi connectivity index (χ3n) is 4.72. The minimum Gasteiger partial charge on any atom is -0.389 e. The second-order valence-corrected chi connectivity index (χ2v) is 6.88. The molecule has 4 heteroatoms. The van der Waals surface area contributed by atoms with Crippen molar-refractivity contribution >= 4 is 0 Å². The SMILES string of the molecule is COCC(O)CN1CCC(NC(C)Cc2ccccc2C)CC1. The third kappa shape index (κ3) is 6.22. The Hall–Kier alpha value is -0.940. The first kappa shape index (κ1) is 18.4. The van der Waals surface area contributed by atoms with Gasteiger partial charge in [-0.15, -0.1) is 0 Å². The summed E-state index contributed by atoms with van der Waals surface area (Å²) in [6.45, 7) is 7.71. The molecule has 0 saturated carbocycles. The Labute approximate surface area is 140 Å². The number of rotatable bonds is 8. The van der Waals surface area contributed by atoms with E-state index in [9.17, 15) is 5.11 Å². The molecule has 2 rings (SSSR count). The van der Waals surface area contributed by atoms with Crippen LogP contribution in [-0.2, 0) is 11.2 Å². The van der Waals surface area contributed by atoms with Crippen LogP contribution in [0.25, 0.3) is 0 Å². The van der Waals surface area contributed by atoms with Crippen LogP contribution in [0, 0.1) is 6.92 Å². The van der Waals surface area contributed by atoms with Crippen molar-refractivity contribution in [3.05, 3.63) is 35.4 Å². The van der Waals surface area contributed by atoms with Gasteiger partial charge in [-0.1, -0.05) is 24.3 Å². The summed E-state index contributed by atoms with van der Waals surface area (Å²) in [7, 11) is 1.63. The van der Waals surface area contributed by atoms with Gasteiger partial charge < -0.3 is 20.1 Å². The Morgan fingerprint density at radius 3 is 2.65 bits per heavy atom. The molecule has 0 aliphatic carbocycles. The number of ether oxygens (including phenoxy) is 1. The lowest BCUT2D eigenvalue weighted by molar-refractivity contribution is 0.0308. The second kappa shape index (κ2) is 9.38. The summed E-state index contributed by atoms with van der Waals surface area (Å²) in [5.41, 5.74) is 2.82. The first-order valence-corrected chi connectivity index (χ1v) is 8.78. The van der Waals surface area contributed by atoms with Gasteiger partial charge in [0.15, 0.2) is 0 Å². The van der Waals surface area contributed by atoms with E-state index < -0.39 is 0 Å². The van der Waals surface area contributed by atoms with Gasteiger partial charge in [-0.2, -0.15) is 0 Å². The highest BCUT2D eigenvalue weighted by Crippen LogP contribution is 2.14. The number of piperidine rings is 1. The summed E-state index contributed by atoms with van der Waals surface area (Å²) in [6, 6.07) is 9.72. The van der Waals surface area contributed by atoms with Gasteiger partial charge in [0.05, 0.1) is 12.7 Å². The molecule has 4 nitrogen and oxygen atoms in total. The Morgan fingerprint density at radius 1 is 1.30 bits per heavy atom. The number of β-amino-alcohol motifs (C(OH)–C–C–N with tert-alkyl or cyclic N) is 1. The van der Waals surface area contributed by atoms with Crippen LogP contribution in [-0.4, -0.2) is 61.5 Å². The fourth-order valence-corrected chi connectivity index (χ4v) is 3.46. The fourth-order valence-electron chi connectivity index (χ4n) is 3.46. The maximum atomic E-state index is 9.82. The molecular formula is C19H32N2O2. The molecule has 2 N–H and O–H groups in total. The molecule has 0 bridgehead atoms. The smallest absolute Gasteiger partial charge is 0.0900 e. The lowest BCUT2D eigenvalue weighted by Gasteiger charge is -2.35. The zero-order valence-corrected chi connectivity index (χ0v) is 14.8. The summed E-state index contributed by atoms with van der Waals surface area (Å²) >= 11 is 0. The van der Waals surface area contributed by atoms with Gasteiger partial charge in [-0.3, -0.25) is 0 Å². The Kier molecular flexibility index (Phi) is 7.50. The maximum Gasteiger partial charge on any atom is 0.0900 e. The maximum absolute atomic E-state index is 9.82. The molecule has 1 aliphatic heterocycles. The van der Waals surface area contributed by atoms with E-state index in [0.29, 0.717) is 18.7 Å². The Bertz CT molecular complexity index is 458. The highest BCUT2D eigenvalue weighted by Gasteiger charge is 2.22. The summed E-state index contributed by atoms with van der Waals surface area (Å²) in [4.78, 5) is 2.34. The molecule has 1 aromatic rings. The molecule has 1 fully saturated rings. The first-order valence-electron chi connectivity index (χ1n) is 8.78. The number of aryl methyl sites for hydroxylation is 1. The molecule has 0 radical (unpaired) electrons. The van der Waals surface area contributed by atoms with E-state index in [2.05, 4.69) is 48.3 Å². The Morgan fingerprint density at radius 2 is 2.00 bits per heavy atom. The number of likely N-dealkylation sites (tertiary alicyclic amines) is 1. The number of hydrogen-bond acceptors (Lipinski definition) is 4. The van der Waals surface area contributed by atoms with Crippen molar-refractivity contribution in [3.8, 4) is 0 Å². The summed E-state index contributed by atoms with van der Waals surface area (Å²) in [5, 5.41) is 13.6. The molecule has 1 saturated heterocycles. The molecule has 23 heavy (non-hydrogen) atoms. The molecule has 2 unspecified atom stereocenters. The lowest BCUT2D eigenvalue weighted by atomic mass is 9.99. The highest BCUT2D eigenvalue weighted by molar-refractivity contribution is 5.26. The summed E-state index contributed by atoms with van der Waals surface area (Å²) < 4.78 is 5.00. The predicted octanol–water partition coefficient (Wildman–Crippen LogP) is 1.99. The molecule has 130 valence electrons. The molecule has 2 atom stereocenters. The van der Waals surface area contributed by atoms with Crippen LogP contribution in [0.3, 0.4) is 0 Å². The van der Waals surface area contributed by atoms with Crippen molar-refractivity contribution in [3.63, 3.8) is 0 Å². The largest absolute Gasteiger partial charge is 0.389 e. The van der Waals surface area contributed by atoms with Crippen molar-refractivity contribution in [2.75, 3.05) is 33.4 Å². The van der Waals surface area contributed by atoms with Crippen LogP contribution in [0.2, 0.25) is 0 Å². The van der Waals surface area contributed by atoms with Gasteiger partial charge in [-0.05, 0) is 57.3 Å². The quantitative estimate of drug-likeness (QED) is 0.769. The monoisotopic (exact) mass is 320 g/mol. The van der Waals surface area contributed by atoms with Crippen molar-refractivity contribution in [2.24, 2.45) is 0 Å². The zero-order chi connectivity index (χ0) is 16.7. The average Bonchev–Trinajstić information content (AvgIpc) is 2.52. The second-order valence-electron chi connectivity index (χ2n) is 6.88. The number of aliphatic hydroxyl groups is 1. The minimum absolute atomic E-state index is 0.371. The lowest BCUT2D eigenvalue weighted by Crippen LogP contribution is -2.47. The van der Waals surface area contributed by atoms with Crippen LogP contribution < -0.4 is 5.32 Å². The summed E-state index contributed by atoms with van der Waals surface area (Å²) in [5.74, 6) is 0. The predicted molar refractivity (Wildman–Crippen MR) is 94.8 cm³/mol. The zero-order valence-electron chi connectivity index (χ0n) is 14.8. The highest BCUT2D eigenvalue weighted by atomic mass is 16.5. The van der Waals surface area contributed by atoms with E-state index in [-0.39, 0.29) is 6.10 Å². The van der Waals surface area contributed by atoms with Crippen LogP contribution >= 0.6 is 0 Å². The van der Waals surface area contributed by atoms with Gasteiger partial charge in [0, 0.05) is 25.7 Å². The number of hydrogen-bond donors (Lipinski definition) is 2. The van der Waals surface area contributed by atoms with E-state index in [1.165, 1.54) is 11.1 Å². The van der Waals surface area contributed by atoms with E-state index in [1.54, 1.807) is 7.11 Å².